The average molecular weight is 276 g/mol. The predicted octanol–water partition coefficient (Wildman–Crippen LogP) is 3.95. The molecule has 0 amide bonds. The second-order valence-electron chi connectivity index (χ2n) is 4.54. The summed E-state index contributed by atoms with van der Waals surface area (Å²) in [5.74, 6) is 0.883. The molecule has 3 heteroatoms. The molecule has 0 bridgehead atoms. The van der Waals surface area contributed by atoms with Gasteiger partial charge in [0.2, 0.25) is 0 Å². The van der Waals surface area contributed by atoms with Crippen LogP contribution < -0.4 is 10.1 Å². The lowest BCUT2D eigenvalue weighted by Gasteiger charge is -2.07. The van der Waals surface area contributed by atoms with Crippen molar-refractivity contribution in [3.05, 3.63) is 64.2 Å². The van der Waals surface area contributed by atoms with E-state index in [-0.39, 0.29) is 0 Å². The average Bonchev–Trinajstić information content (AvgIpc) is 2.43. The quantitative estimate of drug-likeness (QED) is 0.892. The molecule has 0 aliphatic heterocycles. The minimum absolute atomic E-state index is 0.812. The Morgan fingerprint density at radius 1 is 1.00 bits per heavy atom. The molecule has 2 nitrogen and oxygen atoms in total. The molecule has 2 aromatic carbocycles. The highest BCUT2D eigenvalue weighted by atomic mass is 35.5. The molecule has 0 spiro atoms. The lowest BCUT2D eigenvalue weighted by molar-refractivity contribution is 0.414. The van der Waals surface area contributed by atoms with Crippen LogP contribution in [0, 0.1) is 6.92 Å². The Bertz CT molecular complexity index is 537. The van der Waals surface area contributed by atoms with Crippen LogP contribution in [0.1, 0.15) is 16.7 Å². The summed E-state index contributed by atoms with van der Waals surface area (Å²) in [5.41, 5.74) is 3.55. The number of halogens is 1. The predicted molar refractivity (Wildman–Crippen MR) is 79.7 cm³/mol. The van der Waals surface area contributed by atoms with Crippen LogP contribution >= 0.6 is 11.6 Å². The molecule has 0 saturated heterocycles. The molecular formula is C16H18ClNO. The highest BCUT2D eigenvalue weighted by molar-refractivity contribution is 6.31. The van der Waals surface area contributed by atoms with Crippen molar-refractivity contribution in [3.8, 4) is 5.75 Å². The monoisotopic (exact) mass is 275 g/mol. The summed E-state index contributed by atoms with van der Waals surface area (Å²) < 4.78 is 5.13. The third kappa shape index (κ3) is 3.98. The number of hydrogen-bond donors (Lipinski definition) is 1. The third-order valence-electron chi connectivity index (χ3n) is 3.05. The van der Waals surface area contributed by atoms with Gasteiger partial charge >= 0.3 is 0 Å². The van der Waals surface area contributed by atoms with E-state index in [9.17, 15) is 0 Å². The summed E-state index contributed by atoms with van der Waals surface area (Å²) in [4.78, 5) is 0. The molecule has 0 saturated carbocycles. The molecule has 1 N–H and O–H groups in total. The summed E-state index contributed by atoms with van der Waals surface area (Å²) in [5, 5.41) is 4.23. The number of ether oxygens (including phenoxy) is 1. The fraction of sp³-hybridized carbons (Fsp3) is 0.250. The first-order valence-corrected chi connectivity index (χ1v) is 6.65. The zero-order chi connectivity index (χ0) is 13.7. The van der Waals surface area contributed by atoms with Crippen LogP contribution in [-0.2, 0) is 13.1 Å². The van der Waals surface area contributed by atoms with Crippen molar-refractivity contribution in [1.82, 2.24) is 5.32 Å². The number of methoxy groups -OCH3 is 1. The van der Waals surface area contributed by atoms with Gasteiger partial charge in [0.15, 0.2) is 0 Å². The molecule has 100 valence electrons. The van der Waals surface area contributed by atoms with E-state index in [4.69, 9.17) is 16.3 Å². The van der Waals surface area contributed by atoms with Crippen LogP contribution in [0.2, 0.25) is 5.02 Å². The maximum Gasteiger partial charge on any atom is 0.118 e. The SMILES string of the molecule is COc1ccc(CNCc2ccc(C)c(Cl)c2)cc1. The normalized spacial score (nSPS) is 10.5. The summed E-state index contributed by atoms with van der Waals surface area (Å²) in [7, 11) is 1.67. The van der Waals surface area contributed by atoms with Crippen LogP contribution in [0.15, 0.2) is 42.5 Å². The fourth-order valence-electron chi connectivity index (χ4n) is 1.84. The lowest BCUT2D eigenvalue weighted by atomic mass is 10.1. The molecule has 0 unspecified atom stereocenters. The standard InChI is InChI=1S/C16H18ClNO/c1-12-3-4-14(9-16(12)17)11-18-10-13-5-7-15(19-2)8-6-13/h3-9,18H,10-11H2,1-2H3. The molecule has 0 aliphatic carbocycles. The highest BCUT2D eigenvalue weighted by Gasteiger charge is 1.98. The smallest absolute Gasteiger partial charge is 0.118 e. The van der Waals surface area contributed by atoms with Crippen molar-refractivity contribution < 1.29 is 4.74 Å². The molecule has 0 heterocycles. The third-order valence-corrected chi connectivity index (χ3v) is 3.46. The summed E-state index contributed by atoms with van der Waals surface area (Å²) in [6.45, 7) is 3.65. The van der Waals surface area contributed by atoms with E-state index in [0.717, 1.165) is 29.4 Å². The number of hydrogen-bond acceptors (Lipinski definition) is 2. The number of aryl methyl sites for hydroxylation is 1. The van der Waals surface area contributed by atoms with E-state index in [1.165, 1.54) is 11.1 Å². The van der Waals surface area contributed by atoms with Gasteiger partial charge in [-0.1, -0.05) is 35.9 Å². The second-order valence-corrected chi connectivity index (χ2v) is 4.94. The first-order valence-electron chi connectivity index (χ1n) is 6.27. The van der Waals surface area contributed by atoms with Crippen molar-refractivity contribution >= 4 is 11.6 Å². The van der Waals surface area contributed by atoms with E-state index in [2.05, 4.69) is 23.5 Å². The molecule has 2 rings (SSSR count). The maximum atomic E-state index is 6.10. The molecule has 0 aromatic heterocycles. The van der Waals surface area contributed by atoms with Crippen molar-refractivity contribution in [1.29, 1.82) is 0 Å². The topological polar surface area (TPSA) is 21.3 Å². The number of nitrogens with one attached hydrogen (secondary N) is 1. The summed E-state index contributed by atoms with van der Waals surface area (Å²) in [6.07, 6.45) is 0. The van der Waals surface area contributed by atoms with Crippen molar-refractivity contribution in [2.45, 2.75) is 20.0 Å². The molecule has 0 atom stereocenters. The van der Waals surface area contributed by atoms with Gasteiger partial charge in [-0.3, -0.25) is 0 Å². The van der Waals surface area contributed by atoms with Gasteiger partial charge in [0.1, 0.15) is 5.75 Å². The van der Waals surface area contributed by atoms with E-state index >= 15 is 0 Å². The lowest BCUT2D eigenvalue weighted by Crippen LogP contribution is -2.12. The maximum absolute atomic E-state index is 6.10. The molecule has 0 aliphatic rings. The highest BCUT2D eigenvalue weighted by Crippen LogP contribution is 2.16. The van der Waals surface area contributed by atoms with Gasteiger partial charge in [0.25, 0.3) is 0 Å². The Morgan fingerprint density at radius 3 is 2.26 bits per heavy atom. The Labute approximate surface area is 119 Å². The van der Waals surface area contributed by atoms with Crippen molar-refractivity contribution in [2.24, 2.45) is 0 Å². The van der Waals surface area contributed by atoms with E-state index in [0.29, 0.717) is 0 Å². The van der Waals surface area contributed by atoms with Crippen LogP contribution in [0.5, 0.6) is 5.75 Å². The molecular weight excluding hydrogens is 258 g/mol. The zero-order valence-electron chi connectivity index (χ0n) is 11.2. The van der Waals surface area contributed by atoms with Crippen LogP contribution in [0.4, 0.5) is 0 Å². The van der Waals surface area contributed by atoms with E-state index < -0.39 is 0 Å². The minimum atomic E-state index is 0.812. The molecule has 2 aromatic rings. The van der Waals surface area contributed by atoms with Gasteiger partial charge in [-0.15, -0.1) is 0 Å². The van der Waals surface area contributed by atoms with Gasteiger partial charge in [-0.2, -0.15) is 0 Å². The Kier molecular flexibility index (Phi) is 4.83. The van der Waals surface area contributed by atoms with Crippen molar-refractivity contribution in [2.75, 3.05) is 7.11 Å². The van der Waals surface area contributed by atoms with Gasteiger partial charge in [-0.05, 0) is 41.8 Å². The number of rotatable bonds is 5. The van der Waals surface area contributed by atoms with Gasteiger partial charge < -0.3 is 10.1 Å². The van der Waals surface area contributed by atoms with Gasteiger partial charge in [-0.25, -0.2) is 0 Å². The van der Waals surface area contributed by atoms with Crippen molar-refractivity contribution in [3.63, 3.8) is 0 Å². The first kappa shape index (κ1) is 13.9. The van der Waals surface area contributed by atoms with E-state index in [1.807, 2.05) is 31.2 Å². The summed E-state index contributed by atoms with van der Waals surface area (Å²) >= 11 is 6.10. The van der Waals surface area contributed by atoms with Crippen LogP contribution in [0.25, 0.3) is 0 Å². The Hall–Kier alpha value is -1.51. The summed E-state index contributed by atoms with van der Waals surface area (Å²) in [6, 6.07) is 14.2. The fourth-order valence-corrected chi connectivity index (χ4v) is 2.04. The molecule has 0 radical (unpaired) electrons. The largest absolute Gasteiger partial charge is 0.497 e. The second kappa shape index (κ2) is 6.60. The molecule has 0 fully saturated rings. The van der Waals surface area contributed by atoms with E-state index in [1.54, 1.807) is 7.11 Å². The van der Waals surface area contributed by atoms with Crippen LogP contribution in [0.3, 0.4) is 0 Å². The number of benzene rings is 2. The van der Waals surface area contributed by atoms with Gasteiger partial charge in [0.05, 0.1) is 7.11 Å². The first-order chi connectivity index (χ1) is 9.19. The Morgan fingerprint density at radius 2 is 1.63 bits per heavy atom. The molecule has 19 heavy (non-hydrogen) atoms. The Balaban J connectivity index is 1.86. The minimum Gasteiger partial charge on any atom is -0.497 e. The van der Waals surface area contributed by atoms with Gasteiger partial charge in [0, 0.05) is 18.1 Å². The van der Waals surface area contributed by atoms with Crippen LogP contribution in [-0.4, -0.2) is 7.11 Å². The zero-order valence-corrected chi connectivity index (χ0v) is 12.0.